The van der Waals surface area contributed by atoms with Crippen LogP contribution in [-0.2, 0) is 12.7 Å². The Bertz CT molecular complexity index is 685. The third-order valence-corrected chi connectivity index (χ3v) is 5.86. The molecule has 1 aromatic carbocycles. The molecule has 0 saturated carbocycles. The molecule has 0 aliphatic rings. The summed E-state index contributed by atoms with van der Waals surface area (Å²) in [5.41, 5.74) is -0.986. The molecule has 0 aliphatic carbocycles. The first-order chi connectivity index (χ1) is 9.81. The Morgan fingerprint density at radius 2 is 1.95 bits per heavy atom. The van der Waals surface area contributed by atoms with Gasteiger partial charge in [0.1, 0.15) is 0 Å². The lowest BCUT2D eigenvalue weighted by molar-refractivity contribution is -0.137. The van der Waals surface area contributed by atoms with Crippen LogP contribution in [0.1, 0.15) is 16.0 Å². The van der Waals surface area contributed by atoms with Gasteiger partial charge in [-0.2, -0.15) is 18.4 Å². The van der Waals surface area contributed by atoms with E-state index in [0.29, 0.717) is 12.2 Å². The molecule has 0 radical (unpaired) electrons. The molecule has 2 aromatic rings. The van der Waals surface area contributed by atoms with Gasteiger partial charge in [-0.05, 0) is 56.1 Å². The van der Waals surface area contributed by atoms with Gasteiger partial charge in [-0.15, -0.1) is 11.3 Å². The van der Waals surface area contributed by atoms with E-state index in [9.17, 15) is 13.2 Å². The maximum atomic E-state index is 12.8. The van der Waals surface area contributed by atoms with Crippen LogP contribution in [0, 0.1) is 11.3 Å². The van der Waals surface area contributed by atoms with Crippen LogP contribution < -0.4 is 5.32 Å². The molecule has 8 heteroatoms. The number of thiophene rings is 1. The maximum absolute atomic E-state index is 12.8. The normalized spacial score (nSPS) is 11.2. The standard InChI is InChI=1S/C13H7Br2F3N2S/c14-11-4-9(21-12(11)15)6-20-8-2-1-7(5-19)10(3-8)13(16,17)18/h1-4,20H,6H2. The second-order valence-corrected chi connectivity index (χ2v) is 7.37. The van der Waals surface area contributed by atoms with E-state index in [4.69, 9.17) is 5.26 Å². The van der Waals surface area contributed by atoms with Gasteiger partial charge in [0.15, 0.2) is 0 Å². The van der Waals surface area contributed by atoms with Crippen molar-refractivity contribution in [3.8, 4) is 6.07 Å². The van der Waals surface area contributed by atoms with Crippen LogP contribution >= 0.6 is 43.2 Å². The number of hydrogen-bond donors (Lipinski definition) is 1. The molecule has 2 nitrogen and oxygen atoms in total. The molecule has 0 unspecified atom stereocenters. The lowest BCUT2D eigenvalue weighted by atomic mass is 10.1. The van der Waals surface area contributed by atoms with Gasteiger partial charge in [-0.3, -0.25) is 0 Å². The first-order valence-corrected chi connectivity index (χ1v) is 8.00. The Balaban J connectivity index is 2.20. The Kier molecular flexibility index (Phi) is 4.96. The van der Waals surface area contributed by atoms with Crippen molar-refractivity contribution in [2.75, 3.05) is 5.32 Å². The molecule has 1 N–H and O–H groups in total. The molecular weight excluding hydrogens is 433 g/mol. The van der Waals surface area contributed by atoms with Crippen molar-refractivity contribution in [1.29, 1.82) is 5.26 Å². The molecule has 2 rings (SSSR count). The number of nitriles is 1. The number of nitrogens with one attached hydrogen (secondary N) is 1. The predicted octanol–water partition coefficient (Wildman–Crippen LogP) is 5.78. The predicted molar refractivity (Wildman–Crippen MR) is 83.2 cm³/mol. The average Bonchev–Trinajstić information content (AvgIpc) is 2.74. The molecule has 1 aromatic heterocycles. The van der Waals surface area contributed by atoms with E-state index in [1.807, 2.05) is 6.07 Å². The minimum atomic E-state index is -4.54. The minimum Gasteiger partial charge on any atom is -0.380 e. The van der Waals surface area contributed by atoms with Gasteiger partial charge < -0.3 is 5.32 Å². The molecule has 0 atom stereocenters. The number of hydrogen-bond acceptors (Lipinski definition) is 3. The van der Waals surface area contributed by atoms with Gasteiger partial charge in [-0.25, -0.2) is 0 Å². The van der Waals surface area contributed by atoms with Crippen LogP contribution in [0.5, 0.6) is 0 Å². The molecule has 0 saturated heterocycles. The lowest BCUT2D eigenvalue weighted by Crippen LogP contribution is -2.09. The fraction of sp³-hybridized carbons (Fsp3) is 0.154. The zero-order chi connectivity index (χ0) is 15.6. The van der Waals surface area contributed by atoms with Gasteiger partial charge in [0.25, 0.3) is 0 Å². The maximum Gasteiger partial charge on any atom is 0.417 e. The van der Waals surface area contributed by atoms with E-state index in [1.165, 1.54) is 23.5 Å². The lowest BCUT2D eigenvalue weighted by Gasteiger charge is -2.11. The van der Waals surface area contributed by atoms with Crippen LogP contribution in [0.15, 0.2) is 32.5 Å². The third-order valence-electron chi connectivity index (χ3n) is 2.61. The molecule has 0 fully saturated rings. The summed E-state index contributed by atoms with van der Waals surface area (Å²) in [6.45, 7) is 0.401. The first-order valence-electron chi connectivity index (χ1n) is 5.60. The van der Waals surface area contributed by atoms with E-state index in [-0.39, 0.29) is 5.56 Å². The average molecular weight is 440 g/mol. The van der Waals surface area contributed by atoms with Crippen molar-refractivity contribution in [3.63, 3.8) is 0 Å². The Labute approximate surface area is 139 Å². The Hall–Kier alpha value is -1.04. The summed E-state index contributed by atoms with van der Waals surface area (Å²) in [5.74, 6) is 0. The molecule has 21 heavy (non-hydrogen) atoms. The summed E-state index contributed by atoms with van der Waals surface area (Å²) in [6, 6.07) is 7.03. The van der Waals surface area contributed by atoms with Crippen LogP contribution in [-0.4, -0.2) is 0 Å². The number of anilines is 1. The molecular formula is C13H7Br2F3N2S. The third kappa shape index (κ3) is 3.99. The quantitative estimate of drug-likeness (QED) is 0.658. The van der Waals surface area contributed by atoms with Crippen LogP contribution in [0.3, 0.4) is 0 Å². The highest BCUT2D eigenvalue weighted by molar-refractivity contribution is 9.13. The summed E-state index contributed by atoms with van der Waals surface area (Å²) in [5, 5.41) is 11.7. The van der Waals surface area contributed by atoms with E-state index in [2.05, 4.69) is 37.2 Å². The van der Waals surface area contributed by atoms with Gasteiger partial charge in [-0.1, -0.05) is 0 Å². The molecule has 1 heterocycles. The van der Waals surface area contributed by atoms with Crippen LogP contribution in [0.4, 0.5) is 18.9 Å². The fourth-order valence-electron chi connectivity index (χ4n) is 1.65. The largest absolute Gasteiger partial charge is 0.417 e. The van der Waals surface area contributed by atoms with Gasteiger partial charge in [0.2, 0.25) is 0 Å². The van der Waals surface area contributed by atoms with Crippen molar-refractivity contribution in [2.45, 2.75) is 12.7 Å². The number of rotatable bonds is 3. The second-order valence-electron chi connectivity index (χ2n) is 4.06. The number of halogens is 5. The molecule has 0 aliphatic heterocycles. The van der Waals surface area contributed by atoms with Crippen molar-refractivity contribution in [2.24, 2.45) is 0 Å². The Morgan fingerprint density at radius 3 is 2.48 bits per heavy atom. The summed E-state index contributed by atoms with van der Waals surface area (Å²) < 4.78 is 40.4. The topological polar surface area (TPSA) is 35.8 Å². The molecule has 0 spiro atoms. The second kappa shape index (κ2) is 6.38. The fourth-order valence-corrected chi connectivity index (χ4v) is 3.77. The molecule has 0 bridgehead atoms. The minimum absolute atomic E-state index is 0.321. The first kappa shape index (κ1) is 16.3. The van der Waals surface area contributed by atoms with Gasteiger partial charge in [0.05, 0.1) is 21.0 Å². The van der Waals surface area contributed by atoms with E-state index >= 15 is 0 Å². The SMILES string of the molecule is N#Cc1ccc(NCc2cc(Br)c(Br)s2)cc1C(F)(F)F. The Morgan fingerprint density at radius 1 is 1.24 bits per heavy atom. The van der Waals surface area contributed by atoms with Crippen molar-refractivity contribution in [3.05, 3.63) is 48.5 Å². The molecule has 0 amide bonds. The van der Waals surface area contributed by atoms with Crippen molar-refractivity contribution in [1.82, 2.24) is 0 Å². The van der Waals surface area contributed by atoms with Crippen molar-refractivity contribution >= 4 is 48.9 Å². The number of benzene rings is 1. The smallest absolute Gasteiger partial charge is 0.380 e. The zero-order valence-electron chi connectivity index (χ0n) is 10.3. The monoisotopic (exact) mass is 438 g/mol. The van der Waals surface area contributed by atoms with Crippen LogP contribution in [0.25, 0.3) is 0 Å². The summed E-state index contributed by atoms with van der Waals surface area (Å²) in [6.07, 6.45) is -4.54. The van der Waals surface area contributed by atoms with E-state index < -0.39 is 11.7 Å². The number of alkyl halides is 3. The summed E-state index contributed by atoms with van der Waals surface area (Å²) in [7, 11) is 0. The van der Waals surface area contributed by atoms with Gasteiger partial charge >= 0.3 is 6.18 Å². The highest BCUT2D eigenvalue weighted by Gasteiger charge is 2.33. The summed E-state index contributed by atoms with van der Waals surface area (Å²) >= 11 is 8.19. The number of nitrogens with zero attached hydrogens (tertiary/aromatic N) is 1. The van der Waals surface area contributed by atoms with E-state index in [0.717, 1.165) is 19.2 Å². The van der Waals surface area contributed by atoms with Crippen LogP contribution in [0.2, 0.25) is 0 Å². The highest BCUT2D eigenvalue weighted by Crippen LogP contribution is 2.35. The highest BCUT2D eigenvalue weighted by atomic mass is 79.9. The summed E-state index contributed by atoms with van der Waals surface area (Å²) in [4.78, 5) is 0.965. The van der Waals surface area contributed by atoms with Crippen molar-refractivity contribution < 1.29 is 13.2 Å². The molecule has 110 valence electrons. The van der Waals surface area contributed by atoms with E-state index in [1.54, 1.807) is 6.07 Å². The zero-order valence-corrected chi connectivity index (χ0v) is 14.3. The van der Waals surface area contributed by atoms with Gasteiger partial charge in [0, 0.05) is 21.6 Å².